The van der Waals surface area contributed by atoms with Crippen molar-refractivity contribution < 1.29 is 22.8 Å². The fourth-order valence-corrected chi connectivity index (χ4v) is 4.54. The molecule has 0 unspecified atom stereocenters. The van der Waals surface area contributed by atoms with Gasteiger partial charge in [0.2, 0.25) is 5.91 Å². The number of halogens is 3. The minimum absolute atomic E-state index is 0.0448. The Balaban J connectivity index is 1.54. The molecule has 2 N–H and O–H groups in total. The summed E-state index contributed by atoms with van der Waals surface area (Å²) in [5, 5.41) is 14.1. The summed E-state index contributed by atoms with van der Waals surface area (Å²) in [5.74, 6) is -0.778. The number of carbonyl (C=O) groups excluding carboxylic acids is 2. The number of hydrogen-bond acceptors (Lipinski definition) is 5. The van der Waals surface area contributed by atoms with Gasteiger partial charge in [0.05, 0.1) is 23.4 Å². The van der Waals surface area contributed by atoms with Gasteiger partial charge in [-0.05, 0) is 61.4 Å². The molecule has 0 aliphatic carbocycles. The van der Waals surface area contributed by atoms with Crippen molar-refractivity contribution in [2.45, 2.75) is 31.7 Å². The number of benzene rings is 3. The van der Waals surface area contributed by atoms with E-state index in [0.29, 0.717) is 22.4 Å². The van der Waals surface area contributed by atoms with Gasteiger partial charge >= 0.3 is 6.18 Å². The number of aryl methyl sites for hydroxylation is 2. The second-order valence-corrected chi connectivity index (χ2v) is 9.45. The highest BCUT2D eigenvalue weighted by Crippen LogP contribution is 2.32. The second-order valence-electron chi connectivity index (χ2n) is 8.51. The zero-order chi connectivity index (χ0) is 27.3. The van der Waals surface area contributed by atoms with Gasteiger partial charge in [-0.3, -0.25) is 14.2 Å². The molecule has 3 aromatic carbocycles. The third-order valence-corrected chi connectivity index (χ3v) is 6.41. The standard InChI is InChI=1S/C27H24F3N5O2S/c1-17-7-5-9-19(13-17)32-24(36)16-38-26-34-33-23(35(26)20-10-6-8-18(2)14-20)15-31-25(37)21-11-3-4-12-22(21)27(28,29)30/h3-14H,15-16H2,1-2H3,(H,31,37)(H,32,36). The molecule has 0 atom stereocenters. The number of alkyl halides is 3. The molecule has 4 rings (SSSR count). The Labute approximate surface area is 221 Å². The van der Waals surface area contributed by atoms with Crippen LogP contribution < -0.4 is 10.6 Å². The lowest BCUT2D eigenvalue weighted by molar-refractivity contribution is -0.138. The van der Waals surface area contributed by atoms with Gasteiger partial charge in [0.1, 0.15) is 0 Å². The van der Waals surface area contributed by atoms with Crippen molar-refractivity contribution in [1.82, 2.24) is 20.1 Å². The Morgan fingerprint density at radius 2 is 1.63 bits per heavy atom. The summed E-state index contributed by atoms with van der Waals surface area (Å²) in [7, 11) is 0. The number of nitrogens with zero attached hydrogens (tertiary/aromatic N) is 3. The first-order valence-electron chi connectivity index (χ1n) is 11.6. The van der Waals surface area contributed by atoms with Gasteiger partial charge in [-0.25, -0.2) is 0 Å². The number of carbonyl (C=O) groups is 2. The number of amides is 2. The molecule has 11 heteroatoms. The first-order valence-corrected chi connectivity index (χ1v) is 12.6. The lowest BCUT2D eigenvalue weighted by atomic mass is 10.1. The number of aromatic nitrogens is 3. The first-order chi connectivity index (χ1) is 18.1. The Bertz CT molecular complexity index is 1470. The van der Waals surface area contributed by atoms with E-state index in [1.807, 2.05) is 56.3 Å². The predicted octanol–water partition coefficient (Wildman–Crippen LogP) is 5.56. The van der Waals surface area contributed by atoms with E-state index in [-0.39, 0.29) is 18.2 Å². The van der Waals surface area contributed by atoms with Crippen LogP contribution in [0.1, 0.15) is 32.9 Å². The van der Waals surface area contributed by atoms with Crippen LogP contribution in [0.2, 0.25) is 0 Å². The van der Waals surface area contributed by atoms with E-state index >= 15 is 0 Å². The van der Waals surface area contributed by atoms with E-state index in [1.165, 1.54) is 12.1 Å². The Hall–Kier alpha value is -4.12. The van der Waals surface area contributed by atoms with Gasteiger partial charge in [-0.15, -0.1) is 10.2 Å². The predicted molar refractivity (Wildman–Crippen MR) is 139 cm³/mol. The quantitative estimate of drug-likeness (QED) is 0.286. The van der Waals surface area contributed by atoms with Crippen LogP contribution in [0, 0.1) is 13.8 Å². The number of anilines is 1. The summed E-state index contributed by atoms with van der Waals surface area (Å²) >= 11 is 1.15. The van der Waals surface area contributed by atoms with Crippen LogP contribution in [0.5, 0.6) is 0 Å². The van der Waals surface area contributed by atoms with Crippen LogP contribution in [0.3, 0.4) is 0 Å². The van der Waals surface area contributed by atoms with Crippen LogP contribution in [-0.2, 0) is 17.5 Å². The monoisotopic (exact) mass is 539 g/mol. The highest BCUT2D eigenvalue weighted by atomic mass is 32.2. The van der Waals surface area contributed by atoms with E-state index in [9.17, 15) is 22.8 Å². The molecule has 2 amide bonds. The van der Waals surface area contributed by atoms with Gasteiger partial charge in [0, 0.05) is 11.4 Å². The molecule has 38 heavy (non-hydrogen) atoms. The van der Waals surface area contributed by atoms with Gasteiger partial charge < -0.3 is 10.6 Å². The normalized spacial score (nSPS) is 11.3. The maximum atomic E-state index is 13.4. The van der Waals surface area contributed by atoms with E-state index in [1.54, 1.807) is 10.6 Å². The van der Waals surface area contributed by atoms with Crippen LogP contribution in [-0.4, -0.2) is 32.3 Å². The molecular weight excluding hydrogens is 515 g/mol. The zero-order valence-corrected chi connectivity index (χ0v) is 21.4. The molecule has 1 aromatic heterocycles. The molecular formula is C27H24F3N5O2S. The van der Waals surface area contributed by atoms with Gasteiger partial charge in [-0.1, -0.05) is 48.2 Å². The van der Waals surface area contributed by atoms with Crippen LogP contribution >= 0.6 is 11.8 Å². The van der Waals surface area contributed by atoms with E-state index in [4.69, 9.17) is 0 Å². The van der Waals surface area contributed by atoms with Crippen molar-refractivity contribution in [3.63, 3.8) is 0 Å². The van der Waals surface area contributed by atoms with Crippen LogP contribution in [0.15, 0.2) is 78.0 Å². The first kappa shape index (κ1) is 26.9. The zero-order valence-electron chi connectivity index (χ0n) is 20.5. The SMILES string of the molecule is Cc1cccc(NC(=O)CSc2nnc(CNC(=O)c3ccccc3C(F)(F)F)n2-c2cccc(C)c2)c1. The highest BCUT2D eigenvalue weighted by Gasteiger charge is 2.34. The summed E-state index contributed by atoms with van der Waals surface area (Å²) in [6.45, 7) is 3.66. The molecule has 4 aromatic rings. The third kappa shape index (κ3) is 6.60. The third-order valence-electron chi connectivity index (χ3n) is 5.48. The number of thioether (sulfide) groups is 1. The Morgan fingerprint density at radius 1 is 0.921 bits per heavy atom. The maximum Gasteiger partial charge on any atom is 0.417 e. The average Bonchev–Trinajstić information content (AvgIpc) is 3.28. The fourth-order valence-electron chi connectivity index (χ4n) is 3.77. The van der Waals surface area contributed by atoms with Crippen molar-refractivity contribution in [3.8, 4) is 5.69 Å². The molecule has 0 fully saturated rings. The largest absolute Gasteiger partial charge is 0.417 e. The van der Waals surface area contributed by atoms with Gasteiger partial charge in [0.15, 0.2) is 11.0 Å². The fraction of sp³-hybridized carbons (Fsp3) is 0.185. The van der Waals surface area contributed by atoms with Crippen molar-refractivity contribution in [2.24, 2.45) is 0 Å². The molecule has 0 saturated heterocycles. The lowest BCUT2D eigenvalue weighted by Gasteiger charge is -2.14. The average molecular weight is 540 g/mol. The van der Waals surface area contributed by atoms with Crippen LogP contribution in [0.25, 0.3) is 5.69 Å². The summed E-state index contributed by atoms with van der Waals surface area (Å²) in [6, 6.07) is 19.5. The molecule has 0 spiro atoms. The second kappa shape index (κ2) is 11.5. The van der Waals surface area contributed by atoms with Crippen molar-refractivity contribution in [3.05, 3.63) is 101 Å². The molecule has 0 bridgehead atoms. The number of rotatable bonds is 8. The summed E-state index contributed by atoms with van der Waals surface area (Å²) in [6.07, 6.45) is -4.67. The van der Waals surface area contributed by atoms with Crippen molar-refractivity contribution in [1.29, 1.82) is 0 Å². The molecule has 7 nitrogen and oxygen atoms in total. The van der Waals surface area contributed by atoms with Gasteiger partial charge in [0.25, 0.3) is 5.91 Å². The van der Waals surface area contributed by atoms with E-state index in [0.717, 1.165) is 35.0 Å². The molecule has 1 heterocycles. The molecule has 0 saturated carbocycles. The molecule has 196 valence electrons. The summed E-state index contributed by atoms with van der Waals surface area (Å²) in [5.41, 5.74) is 1.84. The Morgan fingerprint density at radius 3 is 2.34 bits per heavy atom. The van der Waals surface area contributed by atoms with E-state index in [2.05, 4.69) is 20.8 Å². The number of hydrogen-bond donors (Lipinski definition) is 2. The molecule has 0 radical (unpaired) electrons. The summed E-state index contributed by atoms with van der Waals surface area (Å²) < 4.78 is 41.8. The minimum Gasteiger partial charge on any atom is -0.345 e. The minimum atomic E-state index is -4.67. The summed E-state index contributed by atoms with van der Waals surface area (Å²) in [4.78, 5) is 25.2. The van der Waals surface area contributed by atoms with Gasteiger partial charge in [-0.2, -0.15) is 13.2 Å². The lowest BCUT2D eigenvalue weighted by Crippen LogP contribution is -2.27. The van der Waals surface area contributed by atoms with E-state index < -0.39 is 23.2 Å². The van der Waals surface area contributed by atoms with Crippen LogP contribution in [0.4, 0.5) is 18.9 Å². The topological polar surface area (TPSA) is 88.9 Å². The highest BCUT2D eigenvalue weighted by molar-refractivity contribution is 7.99. The van der Waals surface area contributed by atoms with Crippen molar-refractivity contribution >= 4 is 29.3 Å². The smallest absolute Gasteiger partial charge is 0.345 e. The number of nitrogens with one attached hydrogen (secondary N) is 2. The Kier molecular flexibility index (Phi) is 8.16. The molecule has 0 aliphatic rings. The maximum absolute atomic E-state index is 13.4. The van der Waals surface area contributed by atoms with Crippen molar-refractivity contribution in [2.75, 3.05) is 11.1 Å². The molecule has 0 aliphatic heterocycles.